The number of carbonyl (C=O) groups is 2. The van der Waals surface area contributed by atoms with Crippen LogP contribution < -0.4 is 20.7 Å². The Kier molecular flexibility index (Phi) is 7.64. The lowest BCUT2D eigenvalue weighted by atomic mass is 10.1. The van der Waals surface area contributed by atoms with Crippen molar-refractivity contribution in [2.75, 3.05) is 12.9 Å². The molecule has 2 heterocycles. The first-order valence-corrected chi connectivity index (χ1v) is 12.5. The smallest absolute Gasteiger partial charge is 0.230 e. The summed E-state index contributed by atoms with van der Waals surface area (Å²) >= 11 is 2.95. The fourth-order valence-corrected chi connectivity index (χ4v) is 5.55. The third-order valence-corrected chi connectivity index (χ3v) is 7.57. The van der Waals surface area contributed by atoms with Crippen LogP contribution >= 0.6 is 23.1 Å². The van der Waals surface area contributed by atoms with Crippen molar-refractivity contribution in [1.82, 2.24) is 20.9 Å². The summed E-state index contributed by atoms with van der Waals surface area (Å²) in [4.78, 5) is 30.4. The Hall–Kier alpha value is -2.88. The Bertz CT molecular complexity index is 1100. The van der Waals surface area contributed by atoms with Gasteiger partial charge in [-0.05, 0) is 36.8 Å². The summed E-state index contributed by atoms with van der Waals surface area (Å²) in [7, 11) is 1.64. The van der Waals surface area contributed by atoms with Crippen molar-refractivity contribution in [1.29, 1.82) is 0 Å². The van der Waals surface area contributed by atoms with Gasteiger partial charge < -0.3 is 15.4 Å². The molecule has 1 fully saturated rings. The molecule has 1 aliphatic heterocycles. The van der Waals surface area contributed by atoms with Gasteiger partial charge in [-0.15, -0.1) is 23.1 Å². The van der Waals surface area contributed by atoms with E-state index in [1.807, 2.05) is 61.5 Å². The van der Waals surface area contributed by atoms with Crippen LogP contribution in [0.3, 0.4) is 0 Å². The second-order valence-corrected chi connectivity index (χ2v) is 9.77. The second kappa shape index (κ2) is 10.8. The molecular formula is C24H26N4O3S2. The van der Waals surface area contributed by atoms with E-state index in [1.54, 1.807) is 18.4 Å². The van der Waals surface area contributed by atoms with E-state index in [4.69, 9.17) is 9.72 Å². The zero-order valence-corrected chi connectivity index (χ0v) is 20.1. The summed E-state index contributed by atoms with van der Waals surface area (Å²) in [5.74, 6) is 0.930. The molecule has 3 N–H and O–H groups in total. The molecule has 1 saturated heterocycles. The molecule has 0 aliphatic carbocycles. The van der Waals surface area contributed by atoms with Gasteiger partial charge in [-0.3, -0.25) is 14.9 Å². The van der Waals surface area contributed by atoms with E-state index in [9.17, 15) is 9.59 Å². The number of hydrogen-bond acceptors (Lipinski definition) is 7. The van der Waals surface area contributed by atoms with E-state index in [1.165, 1.54) is 11.8 Å². The average Bonchev–Trinajstić information content (AvgIpc) is 3.23. The Balaban J connectivity index is 1.35. The third-order valence-electron chi connectivity index (χ3n) is 5.23. The van der Waals surface area contributed by atoms with Crippen molar-refractivity contribution in [3.05, 3.63) is 70.7 Å². The summed E-state index contributed by atoms with van der Waals surface area (Å²) in [5, 5.41) is 10.2. The predicted octanol–water partition coefficient (Wildman–Crippen LogP) is 3.61. The number of amides is 2. The molecule has 1 aromatic heterocycles. The van der Waals surface area contributed by atoms with E-state index in [0.717, 1.165) is 32.5 Å². The lowest BCUT2D eigenvalue weighted by Crippen LogP contribution is -2.51. The lowest BCUT2D eigenvalue weighted by molar-refractivity contribution is -0.123. The summed E-state index contributed by atoms with van der Waals surface area (Å²) in [5.41, 5.74) is 2.62. The van der Waals surface area contributed by atoms with Gasteiger partial charge in [0, 0.05) is 23.4 Å². The molecule has 33 heavy (non-hydrogen) atoms. The van der Waals surface area contributed by atoms with Gasteiger partial charge in [-0.2, -0.15) is 0 Å². The van der Waals surface area contributed by atoms with Crippen molar-refractivity contribution in [3.63, 3.8) is 0 Å². The number of thioether (sulfide) groups is 1. The van der Waals surface area contributed by atoms with Crippen LogP contribution in [0.4, 0.5) is 0 Å². The molecule has 4 rings (SSSR count). The maximum Gasteiger partial charge on any atom is 0.230 e. The van der Waals surface area contributed by atoms with E-state index in [0.29, 0.717) is 13.0 Å². The van der Waals surface area contributed by atoms with Crippen LogP contribution in [-0.2, 0) is 16.1 Å². The van der Waals surface area contributed by atoms with Crippen LogP contribution in [0, 0.1) is 6.92 Å². The molecule has 7 nitrogen and oxygen atoms in total. The fraction of sp³-hybridized carbons (Fsp3) is 0.292. The van der Waals surface area contributed by atoms with Crippen LogP contribution in [0.1, 0.15) is 28.6 Å². The number of methoxy groups -OCH3 is 1. The third kappa shape index (κ3) is 6.13. The number of aromatic nitrogens is 1. The van der Waals surface area contributed by atoms with Gasteiger partial charge in [0.15, 0.2) is 0 Å². The van der Waals surface area contributed by atoms with Crippen molar-refractivity contribution in [2.24, 2.45) is 0 Å². The zero-order chi connectivity index (χ0) is 23.2. The van der Waals surface area contributed by atoms with Gasteiger partial charge in [-0.1, -0.05) is 30.3 Å². The highest BCUT2D eigenvalue weighted by atomic mass is 32.2. The van der Waals surface area contributed by atoms with Crippen molar-refractivity contribution in [2.45, 2.75) is 31.4 Å². The molecule has 0 saturated carbocycles. The molecule has 0 bridgehead atoms. The number of nitrogens with one attached hydrogen (secondary N) is 3. The van der Waals surface area contributed by atoms with Gasteiger partial charge in [0.05, 0.1) is 24.6 Å². The van der Waals surface area contributed by atoms with Crippen LogP contribution in [0.5, 0.6) is 5.75 Å². The van der Waals surface area contributed by atoms with Gasteiger partial charge in [0.25, 0.3) is 0 Å². The largest absolute Gasteiger partial charge is 0.497 e. The number of ether oxygens (including phenoxy) is 1. The number of thiazole rings is 1. The van der Waals surface area contributed by atoms with Gasteiger partial charge in [-0.25, -0.2) is 4.98 Å². The molecule has 0 spiro atoms. The number of hydrogen-bond donors (Lipinski definition) is 3. The van der Waals surface area contributed by atoms with Crippen LogP contribution in [-0.4, -0.2) is 35.2 Å². The molecular weight excluding hydrogens is 456 g/mol. The minimum atomic E-state index is -0.343. The quantitative estimate of drug-likeness (QED) is 0.454. The van der Waals surface area contributed by atoms with Crippen LogP contribution in [0.2, 0.25) is 0 Å². The molecule has 0 radical (unpaired) electrons. The fourth-order valence-electron chi connectivity index (χ4n) is 3.53. The van der Waals surface area contributed by atoms with Crippen LogP contribution in [0.15, 0.2) is 54.6 Å². The van der Waals surface area contributed by atoms with Crippen molar-refractivity contribution < 1.29 is 14.3 Å². The summed E-state index contributed by atoms with van der Waals surface area (Å²) in [6.45, 7) is 2.45. The molecule has 2 aromatic carbocycles. The second-order valence-electron chi connectivity index (χ2n) is 7.64. The molecule has 2 atom stereocenters. The first-order valence-electron chi connectivity index (χ1n) is 10.6. The Labute approximate surface area is 201 Å². The number of nitrogens with zero attached hydrogens (tertiary/aromatic N) is 1. The van der Waals surface area contributed by atoms with E-state index >= 15 is 0 Å². The summed E-state index contributed by atoms with van der Waals surface area (Å²) in [6, 6.07) is 17.4. The maximum absolute atomic E-state index is 12.4. The highest BCUT2D eigenvalue weighted by Gasteiger charge is 2.30. The first kappa shape index (κ1) is 23.3. The monoisotopic (exact) mass is 482 g/mol. The zero-order valence-electron chi connectivity index (χ0n) is 18.5. The Morgan fingerprint density at radius 1 is 1.21 bits per heavy atom. The highest BCUT2D eigenvalue weighted by Crippen LogP contribution is 2.35. The topological polar surface area (TPSA) is 92.3 Å². The minimum absolute atomic E-state index is 0.0419. The first-order chi connectivity index (χ1) is 16.0. The van der Waals surface area contributed by atoms with Crippen LogP contribution in [0.25, 0.3) is 10.6 Å². The van der Waals surface area contributed by atoms with Crippen molar-refractivity contribution in [3.8, 4) is 16.3 Å². The van der Waals surface area contributed by atoms with E-state index < -0.39 is 0 Å². The number of aryl methyl sites for hydroxylation is 1. The predicted molar refractivity (Wildman–Crippen MR) is 132 cm³/mol. The van der Waals surface area contributed by atoms with Gasteiger partial charge in [0.2, 0.25) is 11.8 Å². The minimum Gasteiger partial charge on any atom is -0.497 e. The average molecular weight is 483 g/mol. The Morgan fingerprint density at radius 3 is 2.70 bits per heavy atom. The van der Waals surface area contributed by atoms with Gasteiger partial charge >= 0.3 is 0 Å². The van der Waals surface area contributed by atoms with Gasteiger partial charge in [0.1, 0.15) is 16.3 Å². The molecule has 3 aromatic rings. The Morgan fingerprint density at radius 2 is 1.97 bits per heavy atom. The molecule has 1 aliphatic rings. The standard InChI is InChI=1S/C24H26N4O3S2/c1-15-22(33-23(26-15)17-8-10-18(31-2)11-9-17)19-12-20(29)28-24(27-19)32-14-21(30)25-13-16-6-4-3-5-7-16/h3-11,19,24,27H,12-14H2,1-2H3,(H,25,30)(H,28,29). The summed E-state index contributed by atoms with van der Waals surface area (Å²) < 4.78 is 5.23. The number of carbonyl (C=O) groups excluding carboxylic acids is 2. The molecule has 2 amide bonds. The summed E-state index contributed by atoms with van der Waals surface area (Å²) in [6.07, 6.45) is 0.336. The SMILES string of the molecule is COc1ccc(-c2nc(C)c(C3CC(=O)NC(SCC(=O)NCc4ccccc4)N3)s2)cc1. The van der Waals surface area contributed by atoms with E-state index in [2.05, 4.69) is 16.0 Å². The number of rotatable bonds is 8. The number of benzene rings is 2. The van der Waals surface area contributed by atoms with Crippen molar-refractivity contribution >= 4 is 34.9 Å². The molecule has 172 valence electrons. The van der Waals surface area contributed by atoms with E-state index in [-0.39, 0.29) is 29.1 Å². The normalized spacial score (nSPS) is 17.9. The maximum atomic E-state index is 12.4. The highest BCUT2D eigenvalue weighted by molar-refractivity contribution is 8.00. The molecule has 2 unspecified atom stereocenters. The lowest BCUT2D eigenvalue weighted by Gasteiger charge is -2.30. The molecule has 9 heteroatoms.